The van der Waals surface area contributed by atoms with Gasteiger partial charge in [-0.2, -0.15) is 5.10 Å². The Morgan fingerprint density at radius 2 is 2.30 bits per heavy atom. The van der Waals surface area contributed by atoms with E-state index in [1.807, 2.05) is 6.07 Å². The summed E-state index contributed by atoms with van der Waals surface area (Å²) in [6.07, 6.45) is 2.67. The molecule has 1 aliphatic heterocycles. The zero-order valence-electron chi connectivity index (χ0n) is 11.5. The van der Waals surface area contributed by atoms with Gasteiger partial charge in [0.15, 0.2) is 0 Å². The largest absolute Gasteiger partial charge is 0.349 e. The van der Waals surface area contributed by atoms with Gasteiger partial charge in [0.2, 0.25) is 0 Å². The van der Waals surface area contributed by atoms with Crippen LogP contribution in [0.3, 0.4) is 0 Å². The smallest absolute Gasteiger partial charge is 0.269 e. The first-order valence-electron chi connectivity index (χ1n) is 6.83. The highest BCUT2D eigenvalue weighted by molar-refractivity contribution is 5.92. The summed E-state index contributed by atoms with van der Waals surface area (Å²) in [6, 6.07) is 10.3. The van der Waals surface area contributed by atoms with E-state index in [2.05, 4.69) is 33.9 Å². The average molecular weight is 270 g/mol. The second kappa shape index (κ2) is 5.46. The number of aromatic nitrogens is 2. The van der Waals surface area contributed by atoms with E-state index in [4.69, 9.17) is 0 Å². The number of fused-ring (bicyclic) bond motifs is 1. The van der Waals surface area contributed by atoms with Crippen LogP contribution in [0.15, 0.2) is 36.5 Å². The zero-order valence-corrected chi connectivity index (χ0v) is 11.5. The molecule has 1 aromatic carbocycles. The summed E-state index contributed by atoms with van der Waals surface area (Å²) < 4.78 is 1.58. The van der Waals surface area contributed by atoms with Crippen LogP contribution in [0.25, 0.3) is 0 Å². The molecule has 3 rings (SSSR count). The summed E-state index contributed by atoms with van der Waals surface area (Å²) in [4.78, 5) is 12.1. The van der Waals surface area contributed by atoms with Crippen LogP contribution >= 0.6 is 0 Å². The van der Waals surface area contributed by atoms with Gasteiger partial charge in [0, 0.05) is 25.8 Å². The van der Waals surface area contributed by atoms with E-state index in [9.17, 15) is 4.79 Å². The lowest BCUT2D eigenvalue weighted by molar-refractivity contribution is 0.0939. The van der Waals surface area contributed by atoms with Crippen LogP contribution in [0.1, 0.15) is 27.7 Å². The van der Waals surface area contributed by atoms with Gasteiger partial charge in [0.1, 0.15) is 5.69 Å². The first-order valence-corrected chi connectivity index (χ1v) is 6.83. The summed E-state index contributed by atoms with van der Waals surface area (Å²) in [5, 5.41) is 10.4. The second-order valence-electron chi connectivity index (χ2n) is 5.01. The molecular formula is C15H18N4O. The summed E-state index contributed by atoms with van der Waals surface area (Å²) in [7, 11) is 1.77. The van der Waals surface area contributed by atoms with Crippen LogP contribution in [0.4, 0.5) is 0 Å². The van der Waals surface area contributed by atoms with Gasteiger partial charge in [-0.05, 0) is 30.2 Å². The minimum Gasteiger partial charge on any atom is -0.349 e. The number of nitrogens with one attached hydrogen (secondary N) is 2. The number of hydrogen-bond acceptors (Lipinski definition) is 3. The van der Waals surface area contributed by atoms with Crippen LogP contribution < -0.4 is 10.6 Å². The maximum Gasteiger partial charge on any atom is 0.269 e. The third-order valence-corrected chi connectivity index (χ3v) is 3.74. The van der Waals surface area contributed by atoms with Crippen LogP contribution in [0.2, 0.25) is 0 Å². The molecule has 2 N–H and O–H groups in total. The molecule has 0 spiro atoms. The van der Waals surface area contributed by atoms with Crippen molar-refractivity contribution in [3.05, 3.63) is 53.3 Å². The standard InChI is InChI=1S/C15H18N4O/c1-19-14(7-9-18-19)15(20)17-10-13-12-5-3-2-4-11(12)6-8-16-13/h2-5,7,9,13,16H,6,8,10H2,1H3,(H,17,20). The van der Waals surface area contributed by atoms with Crippen LogP contribution in [-0.2, 0) is 13.5 Å². The summed E-state index contributed by atoms with van der Waals surface area (Å²) in [5.74, 6) is -0.0881. The van der Waals surface area contributed by atoms with Crippen molar-refractivity contribution in [2.75, 3.05) is 13.1 Å². The predicted octanol–water partition coefficient (Wildman–Crippen LogP) is 1.04. The Labute approximate surface area is 118 Å². The minimum atomic E-state index is -0.0881. The van der Waals surface area contributed by atoms with Crippen molar-refractivity contribution in [3.63, 3.8) is 0 Å². The Bertz CT molecular complexity index is 620. The number of amides is 1. The average Bonchev–Trinajstić information content (AvgIpc) is 2.91. The lowest BCUT2D eigenvalue weighted by Crippen LogP contribution is -2.39. The molecule has 20 heavy (non-hydrogen) atoms. The van der Waals surface area contributed by atoms with Gasteiger partial charge >= 0.3 is 0 Å². The van der Waals surface area contributed by atoms with E-state index < -0.39 is 0 Å². The molecule has 0 saturated heterocycles. The van der Waals surface area contributed by atoms with E-state index in [-0.39, 0.29) is 11.9 Å². The second-order valence-corrected chi connectivity index (χ2v) is 5.01. The SMILES string of the molecule is Cn1nccc1C(=O)NCC1NCCc2ccccc21. The molecule has 1 aromatic heterocycles. The molecule has 0 radical (unpaired) electrons. The third-order valence-electron chi connectivity index (χ3n) is 3.74. The molecule has 1 aliphatic rings. The Hall–Kier alpha value is -2.14. The molecule has 104 valence electrons. The van der Waals surface area contributed by atoms with Crippen molar-refractivity contribution in [1.82, 2.24) is 20.4 Å². The Balaban J connectivity index is 1.68. The van der Waals surface area contributed by atoms with E-state index in [0.717, 1.165) is 13.0 Å². The predicted molar refractivity (Wildman–Crippen MR) is 76.4 cm³/mol. The Kier molecular flexibility index (Phi) is 3.52. The molecule has 1 amide bonds. The van der Waals surface area contributed by atoms with E-state index in [1.54, 1.807) is 24.0 Å². The van der Waals surface area contributed by atoms with Gasteiger partial charge in [-0.1, -0.05) is 24.3 Å². The minimum absolute atomic E-state index is 0.0881. The van der Waals surface area contributed by atoms with Gasteiger partial charge < -0.3 is 10.6 Å². The molecule has 1 unspecified atom stereocenters. The molecule has 0 bridgehead atoms. The number of hydrogen-bond donors (Lipinski definition) is 2. The van der Waals surface area contributed by atoms with Crippen molar-refractivity contribution < 1.29 is 4.79 Å². The molecular weight excluding hydrogens is 252 g/mol. The van der Waals surface area contributed by atoms with E-state index in [0.29, 0.717) is 12.2 Å². The molecule has 2 aromatic rings. The number of rotatable bonds is 3. The third kappa shape index (κ3) is 2.44. The quantitative estimate of drug-likeness (QED) is 0.876. The van der Waals surface area contributed by atoms with Crippen LogP contribution in [-0.4, -0.2) is 28.8 Å². The number of carbonyl (C=O) groups excluding carboxylic acids is 1. The lowest BCUT2D eigenvalue weighted by atomic mass is 9.94. The van der Waals surface area contributed by atoms with Gasteiger partial charge in [0.05, 0.1) is 0 Å². The van der Waals surface area contributed by atoms with Gasteiger partial charge in [-0.15, -0.1) is 0 Å². The maximum atomic E-state index is 12.1. The normalized spacial score (nSPS) is 17.6. The first-order chi connectivity index (χ1) is 9.75. The zero-order chi connectivity index (χ0) is 13.9. The maximum absolute atomic E-state index is 12.1. The molecule has 2 heterocycles. The Morgan fingerprint density at radius 3 is 3.10 bits per heavy atom. The van der Waals surface area contributed by atoms with Crippen molar-refractivity contribution in [2.45, 2.75) is 12.5 Å². The van der Waals surface area contributed by atoms with E-state index >= 15 is 0 Å². The summed E-state index contributed by atoms with van der Waals surface area (Å²) >= 11 is 0. The number of carbonyl (C=O) groups is 1. The van der Waals surface area contributed by atoms with Crippen molar-refractivity contribution in [2.24, 2.45) is 7.05 Å². The van der Waals surface area contributed by atoms with Gasteiger partial charge in [-0.3, -0.25) is 9.48 Å². The highest BCUT2D eigenvalue weighted by atomic mass is 16.2. The molecule has 0 saturated carbocycles. The van der Waals surface area contributed by atoms with Crippen molar-refractivity contribution in [1.29, 1.82) is 0 Å². The highest BCUT2D eigenvalue weighted by Crippen LogP contribution is 2.21. The van der Waals surface area contributed by atoms with Crippen molar-refractivity contribution in [3.8, 4) is 0 Å². The monoisotopic (exact) mass is 270 g/mol. The van der Waals surface area contributed by atoms with Gasteiger partial charge in [0.25, 0.3) is 5.91 Å². The Morgan fingerprint density at radius 1 is 1.45 bits per heavy atom. The van der Waals surface area contributed by atoms with Crippen LogP contribution in [0.5, 0.6) is 0 Å². The molecule has 1 atom stereocenters. The fourth-order valence-corrected chi connectivity index (χ4v) is 2.66. The number of benzene rings is 1. The molecule has 5 heteroatoms. The molecule has 0 fully saturated rings. The summed E-state index contributed by atoms with van der Waals surface area (Å²) in [6.45, 7) is 1.53. The highest BCUT2D eigenvalue weighted by Gasteiger charge is 2.20. The fourth-order valence-electron chi connectivity index (χ4n) is 2.66. The summed E-state index contributed by atoms with van der Waals surface area (Å²) in [5.41, 5.74) is 3.23. The molecule has 0 aliphatic carbocycles. The molecule has 5 nitrogen and oxygen atoms in total. The topological polar surface area (TPSA) is 59.0 Å². The lowest BCUT2D eigenvalue weighted by Gasteiger charge is -2.27. The number of nitrogens with zero attached hydrogens (tertiary/aromatic N) is 2. The van der Waals surface area contributed by atoms with Crippen molar-refractivity contribution >= 4 is 5.91 Å². The fraction of sp³-hybridized carbons (Fsp3) is 0.333. The van der Waals surface area contributed by atoms with Gasteiger partial charge in [-0.25, -0.2) is 0 Å². The van der Waals surface area contributed by atoms with Crippen LogP contribution in [0, 0.1) is 0 Å². The number of aryl methyl sites for hydroxylation is 1. The first kappa shape index (κ1) is 12.9. The van der Waals surface area contributed by atoms with E-state index in [1.165, 1.54) is 11.1 Å².